The van der Waals surface area contributed by atoms with Gasteiger partial charge in [0.1, 0.15) is 6.33 Å². The standard InChI is InChI=1S/C14H16N4O3/c1-20-13-11(14(21-2)18-8-17-13)7-16-10-5-3-9(4-6-10)12(15)19/h3-6,8,16H,7H2,1-2H3,(H2,15,19). The molecule has 3 N–H and O–H groups in total. The number of carbonyl (C=O) groups is 1. The molecule has 0 radical (unpaired) electrons. The lowest BCUT2D eigenvalue weighted by Crippen LogP contribution is -2.11. The lowest BCUT2D eigenvalue weighted by molar-refractivity contribution is 0.100. The highest BCUT2D eigenvalue weighted by molar-refractivity contribution is 5.93. The number of carbonyl (C=O) groups excluding carboxylic acids is 1. The highest BCUT2D eigenvalue weighted by atomic mass is 16.5. The molecule has 2 rings (SSSR count). The van der Waals surface area contributed by atoms with Crippen LogP contribution in [-0.4, -0.2) is 30.1 Å². The number of hydrogen-bond donors (Lipinski definition) is 2. The number of hydrogen-bond acceptors (Lipinski definition) is 6. The third kappa shape index (κ3) is 3.38. The number of nitrogens with one attached hydrogen (secondary N) is 1. The van der Waals surface area contributed by atoms with Crippen molar-refractivity contribution < 1.29 is 14.3 Å². The third-order valence-electron chi connectivity index (χ3n) is 2.89. The molecular formula is C14H16N4O3. The molecule has 7 nitrogen and oxygen atoms in total. The molecule has 0 aliphatic heterocycles. The van der Waals surface area contributed by atoms with Gasteiger partial charge in [0.15, 0.2) is 0 Å². The van der Waals surface area contributed by atoms with Crippen molar-refractivity contribution in [3.05, 3.63) is 41.7 Å². The lowest BCUT2D eigenvalue weighted by Gasteiger charge is -2.12. The van der Waals surface area contributed by atoms with Gasteiger partial charge in [-0.3, -0.25) is 4.79 Å². The van der Waals surface area contributed by atoms with Crippen molar-refractivity contribution in [2.45, 2.75) is 6.54 Å². The number of amides is 1. The van der Waals surface area contributed by atoms with Crippen LogP contribution in [0.15, 0.2) is 30.6 Å². The molecule has 1 amide bonds. The van der Waals surface area contributed by atoms with Gasteiger partial charge in [-0.25, -0.2) is 9.97 Å². The highest BCUT2D eigenvalue weighted by Crippen LogP contribution is 2.24. The summed E-state index contributed by atoms with van der Waals surface area (Å²) in [4.78, 5) is 19.1. The van der Waals surface area contributed by atoms with Gasteiger partial charge in [0.25, 0.3) is 0 Å². The van der Waals surface area contributed by atoms with Crippen LogP contribution in [0.25, 0.3) is 0 Å². The molecule has 7 heteroatoms. The monoisotopic (exact) mass is 288 g/mol. The molecule has 0 aliphatic carbocycles. The van der Waals surface area contributed by atoms with Crippen molar-refractivity contribution >= 4 is 11.6 Å². The molecule has 0 bridgehead atoms. The normalized spacial score (nSPS) is 10.0. The summed E-state index contributed by atoms with van der Waals surface area (Å²) in [6.07, 6.45) is 1.38. The minimum Gasteiger partial charge on any atom is -0.481 e. The van der Waals surface area contributed by atoms with Crippen LogP contribution in [0.1, 0.15) is 15.9 Å². The van der Waals surface area contributed by atoms with E-state index in [1.807, 2.05) is 0 Å². The van der Waals surface area contributed by atoms with E-state index in [1.165, 1.54) is 20.5 Å². The second kappa shape index (κ2) is 6.56. The summed E-state index contributed by atoms with van der Waals surface area (Å²) in [5.74, 6) is 0.438. The Morgan fingerprint density at radius 3 is 2.19 bits per heavy atom. The van der Waals surface area contributed by atoms with Crippen molar-refractivity contribution in [3.63, 3.8) is 0 Å². The molecule has 2 aromatic rings. The summed E-state index contributed by atoms with van der Waals surface area (Å²) in [5.41, 5.74) is 7.19. The maximum Gasteiger partial charge on any atom is 0.248 e. The highest BCUT2D eigenvalue weighted by Gasteiger charge is 2.12. The summed E-state index contributed by atoms with van der Waals surface area (Å²) < 4.78 is 10.4. The first-order chi connectivity index (χ1) is 10.2. The van der Waals surface area contributed by atoms with E-state index in [9.17, 15) is 4.79 Å². The van der Waals surface area contributed by atoms with Crippen LogP contribution >= 0.6 is 0 Å². The van der Waals surface area contributed by atoms with Crippen LogP contribution in [0, 0.1) is 0 Å². The second-order valence-corrected chi connectivity index (χ2v) is 4.17. The predicted octanol–water partition coefficient (Wildman–Crippen LogP) is 1.20. The zero-order chi connectivity index (χ0) is 15.2. The molecule has 1 aromatic carbocycles. The molecule has 0 unspecified atom stereocenters. The zero-order valence-electron chi connectivity index (χ0n) is 11.8. The number of nitrogens with two attached hydrogens (primary N) is 1. The van der Waals surface area contributed by atoms with Gasteiger partial charge in [0, 0.05) is 11.3 Å². The fourth-order valence-corrected chi connectivity index (χ4v) is 1.83. The van der Waals surface area contributed by atoms with Crippen molar-refractivity contribution in [1.29, 1.82) is 0 Å². The largest absolute Gasteiger partial charge is 0.481 e. The molecule has 1 aromatic heterocycles. The molecular weight excluding hydrogens is 272 g/mol. The fraction of sp³-hybridized carbons (Fsp3) is 0.214. The van der Waals surface area contributed by atoms with E-state index < -0.39 is 5.91 Å². The molecule has 0 saturated carbocycles. The number of primary amides is 1. The molecule has 110 valence electrons. The second-order valence-electron chi connectivity index (χ2n) is 4.17. The van der Waals surface area contributed by atoms with Crippen LogP contribution in [0.5, 0.6) is 11.8 Å². The van der Waals surface area contributed by atoms with Gasteiger partial charge in [0.05, 0.1) is 26.3 Å². The molecule has 0 saturated heterocycles. The fourth-order valence-electron chi connectivity index (χ4n) is 1.83. The molecule has 21 heavy (non-hydrogen) atoms. The summed E-state index contributed by atoms with van der Waals surface area (Å²) in [7, 11) is 3.07. The van der Waals surface area contributed by atoms with E-state index in [-0.39, 0.29) is 0 Å². The predicted molar refractivity (Wildman–Crippen MR) is 77.4 cm³/mol. The van der Waals surface area contributed by atoms with Gasteiger partial charge < -0.3 is 20.5 Å². The Kier molecular flexibility index (Phi) is 4.55. The van der Waals surface area contributed by atoms with E-state index >= 15 is 0 Å². The van der Waals surface area contributed by atoms with Gasteiger partial charge in [-0.1, -0.05) is 0 Å². The topological polar surface area (TPSA) is 99.4 Å². The zero-order valence-corrected chi connectivity index (χ0v) is 11.8. The Labute approximate surface area is 122 Å². The van der Waals surface area contributed by atoms with Gasteiger partial charge in [-0.05, 0) is 24.3 Å². The smallest absolute Gasteiger partial charge is 0.248 e. The van der Waals surface area contributed by atoms with Crippen LogP contribution in [-0.2, 0) is 6.54 Å². The first kappa shape index (κ1) is 14.6. The number of aromatic nitrogens is 2. The van der Waals surface area contributed by atoms with Crippen LogP contribution in [0.4, 0.5) is 5.69 Å². The Balaban J connectivity index is 2.14. The number of nitrogens with zero attached hydrogens (tertiary/aromatic N) is 2. The van der Waals surface area contributed by atoms with Crippen LogP contribution in [0.3, 0.4) is 0 Å². The molecule has 0 aliphatic rings. The SMILES string of the molecule is COc1ncnc(OC)c1CNc1ccc(C(N)=O)cc1. The van der Waals surface area contributed by atoms with E-state index in [4.69, 9.17) is 15.2 Å². The molecule has 0 atom stereocenters. The maximum absolute atomic E-state index is 11.0. The van der Waals surface area contributed by atoms with E-state index in [0.29, 0.717) is 29.4 Å². The van der Waals surface area contributed by atoms with Gasteiger partial charge in [0.2, 0.25) is 17.7 Å². The number of ether oxygens (including phenoxy) is 2. The Hall–Kier alpha value is -2.83. The summed E-state index contributed by atoms with van der Waals surface area (Å²) in [6, 6.07) is 6.84. The number of anilines is 1. The molecule has 1 heterocycles. The van der Waals surface area contributed by atoms with E-state index in [2.05, 4.69) is 15.3 Å². The first-order valence-electron chi connectivity index (χ1n) is 6.21. The number of benzene rings is 1. The van der Waals surface area contributed by atoms with Crippen molar-refractivity contribution in [3.8, 4) is 11.8 Å². The quantitative estimate of drug-likeness (QED) is 0.828. The molecule has 0 fully saturated rings. The van der Waals surface area contributed by atoms with E-state index in [0.717, 1.165) is 5.69 Å². The van der Waals surface area contributed by atoms with Gasteiger partial charge in [-0.15, -0.1) is 0 Å². The average molecular weight is 288 g/mol. The number of methoxy groups -OCH3 is 2. The summed E-state index contributed by atoms with van der Waals surface area (Å²) in [5, 5.41) is 3.18. The van der Waals surface area contributed by atoms with Crippen molar-refractivity contribution in [2.75, 3.05) is 19.5 Å². The summed E-state index contributed by atoms with van der Waals surface area (Å²) >= 11 is 0. The van der Waals surface area contributed by atoms with Gasteiger partial charge >= 0.3 is 0 Å². The van der Waals surface area contributed by atoms with E-state index in [1.54, 1.807) is 24.3 Å². The minimum absolute atomic E-state index is 0.420. The third-order valence-corrected chi connectivity index (χ3v) is 2.89. The van der Waals surface area contributed by atoms with Gasteiger partial charge in [-0.2, -0.15) is 0 Å². The molecule has 0 spiro atoms. The maximum atomic E-state index is 11.0. The number of rotatable bonds is 6. The minimum atomic E-state index is -0.457. The average Bonchev–Trinajstić information content (AvgIpc) is 2.52. The summed E-state index contributed by atoms with van der Waals surface area (Å²) in [6.45, 7) is 0.420. The Morgan fingerprint density at radius 2 is 1.71 bits per heavy atom. The van der Waals surface area contributed by atoms with Crippen molar-refractivity contribution in [1.82, 2.24) is 9.97 Å². The first-order valence-corrected chi connectivity index (χ1v) is 6.21. The Morgan fingerprint density at radius 1 is 1.14 bits per heavy atom. The van der Waals surface area contributed by atoms with Crippen LogP contribution < -0.4 is 20.5 Å². The van der Waals surface area contributed by atoms with Crippen molar-refractivity contribution in [2.24, 2.45) is 5.73 Å². The lowest BCUT2D eigenvalue weighted by atomic mass is 10.2. The van der Waals surface area contributed by atoms with Crippen LogP contribution in [0.2, 0.25) is 0 Å². The Bertz CT molecular complexity index is 606.